The predicted molar refractivity (Wildman–Crippen MR) is 114 cm³/mol. The number of anilines is 3. The van der Waals surface area contributed by atoms with Crippen LogP contribution in [0.5, 0.6) is 0 Å². The molecular formula is C21H17N7O2. The Morgan fingerprint density at radius 1 is 1.07 bits per heavy atom. The second kappa shape index (κ2) is 7.47. The van der Waals surface area contributed by atoms with E-state index in [1.54, 1.807) is 18.7 Å². The van der Waals surface area contributed by atoms with Gasteiger partial charge in [-0.15, -0.1) is 0 Å². The molecule has 0 saturated carbocycles. The monoisotopic (exact) mass is 399 g/mol. The van der Waals surface area contributed by atoms with Crippen molar-refractivity contribution in [3.8, 4) is 11.3 Å². The number of nitrogens with one attached hydrogen (secondary N) is 4. The van der Waals surface area contributed by atoms with Gasteiger partial charge in [0.25, 0.3) is 0 Å². The van der Waals surface area contributed by atoms with Gasteiger partial charge in [-0.1, -0.05) is 17.3 Å². The number of fused-ring (bicyclic) bond motifs is 1. The van der Waals surface area contributed by atoms with Crippen molar-refractivity contribution >= 4 is 33.8 Å². The largest absolute Gasteiger partial charge is 0.513 e. The van der Waals surface area contributed by atoms with Gasteiger partial charge < -0.3 is 25.2 Å². The Bertz CT molecular complexity index is 1320. The van der Waals surface area contributed by atoms with Crippen molar-refractivity contribution < 1.29 is 9.63 Å². The fourth-order valence-corrected chi connectivity index (χ4v) is 3.12. The van der Waals surface area contributed by atoms with E-state index < -0.39 is 0 Å². The first-order valence-electron chi connectivity index (χ1n) is 9.16. The van der Waals surface area contributed by atoms with Gasteiger partial charge in [0.2, 0.25) is 0 Å². The van der Waals surface area contributed by atoms with Gasteiger partial charge in [0.05, 0.1) is 35.6 Å². The number of hydrogen-bond donors (Lipinski definition) is 5. The Hall–Kier alpha value is -4.53. The zero-order chi connectivity index (χ0) is 20.3. The highest BCUT2D eigenvalue weighted by atomic mass is 16.5. The number of aliphatic hydroxyl groups is 1. The van der Waals surface area contributed by atoms with Crippen molar-refractivity contribution in [3.63, 3.8) is 0 Å². The molecule has 0 bridgehead atoms. The van der Waals surface area contributed by atoms with E-state index in [1.807, 2.05) is 48.5 Å². The van der Waals surface area contributed by atoms with E-state index in [1.165, 1.54) is 0 Å². The van der Waals surface area contributed by atoms with Crippen LogP contribution in [-0.4, -0.2) is 30.4 Å². The molecule has 0 fully saturated rings. The molecule has 0 unspecified atom stereocenters. The minimum Gasteiger partial charge on any atom is -0.513 e. The quantitative estimate of drug-likeness (QED) is 0.263. The zero-order valence-corrected chi connectivity index (χ0v) is 15.6. The normalized spacial score (nSPS) is 11.7. The Morgan fingerprint density at radius 2 is 2.03 bits per heavy atom. The average molecular weight is 399 g/mol. The molecule has 3 heterocycles. The summed E-state index contributed by atoms with van der Waals surface area (Å²) < 4.78 is 5.51. The second-order valence-corrected chi connectivity index (χ2v) is 6.59. The van der Waals surface area contributed by atoms with E-state index in [-0.39, 0.29) is 0 Å². The van der Waals surface area contributed by atoms with Crippen molar-refractivity contribution in [1.82, 2.24) is 25.3 Å². The zero-order valence-electron chi connectivity index (χ0n) is 15.6. The number of hydrogen-bond acceptors (Lipinski definition) is 7. The van der Waals surface area contributed by atoms with Gasteiger partial charge in [-0.3, -0.25) is 5.10 Å². The van der Waals surface area contributed by atoms with Crippen LogP contribution < -0.4 is 10.6 Å². The summed E-state index contributed by atoms with van der Waals surface area (Å²) in [6.45, 7) is 0. The lowest BCUT2D eigenvalue weighted by atomic mass is 10.1. The van der Waals surface area contributed by atoms with Gasteiger partial charge in [0, 0.05) is 28.4 Å². The van der Waals surface area contributed by atoms with Crippen LogP contribution in [0.2, 0.25) is 0 Å². The van der Waals surface area contributed by atoms with Crippen LogP contribution >= 0.6 is 0 Å². The van der Waals surface area contributed by atoms with Crippen LogP contribution in [-0.2, 0) is 0 Å². The number of aliphatic hydroxyl groups excluding tert-OH is 1. The highest BCUT2D eigenvalue weighted by molar-refractivity contribution is 5.83. The minimum atomic E-state index is 0.499. The maximum atomic E-state index is 9.53. The molecule has 3 aromatic heterocycles. The molecule has 9 nitrogen and oxygen atoms in total. The van der Waals surface area contributed by atoms with E-state index in [0.29, 0.717) is 23.0 Å². The number of aromatic nitrogens is 5. The molecule has 5 rings (SSSR count). The third-order valence-corrected chi connectivity index (χ3v) is 4.57. The number of H-pyrrole nitrogens is 2. The van der Waals surface area contributed by atoms with Crippen LogP contribution in [0.3, 0.4) is 0 Å². The summed E-state index contributed by atoms with van der Waals surface area (Å²) in [4.78, 5) is 6.91. The van der Waals surface area contributed by atoms with Gasteiger partial charge >= 0.3 is 0 Å². The molecule has 5 aromatic rings. The van der Waals surface area contributed by atoms with E-state index in [0.717, 1.165) is 34.1 Å². The van der Waals surface area contributed by atoms with Crippen LogP contribution in [0.15, 0.2) is 78.0 Å². The lowest BCUT2D eigenvalue weighted by Crippen LogP contribution is -1.99. The SMILES string of the molecule is OC=C(Nc1cccc(-c2cc(Nc3ccc4[nH]ncc4c3)no2)c1)c1cnc[nH]1. The Labute approximate surface area is 170 Å². The number of imidazole rings is 1. The summed E-state index contributed by atoms with van der Waals surface area (Å²) in [5, 5.41) is 28.0. The summed E-state index contributed by atoms with van der Waals surface area (Å²) in [6.07, 6.45) is 5.93. The standard InChI is InChI=1S/C21H17N7O2/c29-11-19(18-10-22-12-23-18)25-15-3-1-2-13(6-15)20-8-21(28-30-20)26-16-4-5-17-14(7-16)9-24-27-17/h1-12,25,29H,(H,22,23)(H,24,27)(H,26,28). The smallest absolute Gasteiger partial charge is 0.174 e. The Morgan fingerprint density at radius 3 is 2.90 bits per heavy atom. The molecule has 148 valence electrons. The molecule has 30 heavy (non-hydrogen) atoms. The molecule has 0 spiro atoms. The summed E-state index contributed by atoms with van der Waals surface area (Å²) in [5.41, 5.74) is 4.64. The van der Waals surface area contributed by atoms with Crippen LogP contribution in [0.4, 0.5) is 17.2 Å². The summed E-state index contributed by atoms with van der Waals surface area (Å²) >= 11 is 0. The van der Waals surface area contributed by atoms with Gasteiger partial charge in [-0.25, -0.2) is 4.98 Å². The maximum Gasteiger partial charge on any atom is 0.174 e. The van der Waals surface area contributed by atoms with Crippen LogP contribution in [0.1, 0.15) is 5.69 Å². The fourth-order valence-electron chi connectivity index (χ4n) is 3.12. The van der Waals surface area contributed by atoms with Gasteiger partial charge in [-0.2, -0.15) is 5.10 Å². The van der Waals surface area contributed by atoms with Crippen molar-refractivity contribution in [2.75, 3.05) is 10.6 Å². The maximum absolute atomic E-state index is 9.53. The number of rotatable bonds is 6. The first kappa shape index (κ1) is 17.6. The first-order valence-corrected chi connectivity index (χ1v) is 9.16. The third-order valence-electron chi connectivity index (χ3n) is 4.57. The van der Waals surface area contributed by atoms with Gasteiger partial charge in [-0.05, 0) is 30.3 Å². The van der Waals surface area contributed by atoms with Crippen LogP contribution in [0, 0.1) is 0 Å². The molecule has 0 aliphatic carbocycles. The van der Waals surface area contributed by atoms with Crippen molar-refractivity contribution in [2.24, 2.45) is 0 Å². The molecular weight excluding hydrogens is 382 g/mol. The molecule has 5 N–H and O–H groups in total. The van der Waals surface area contributed by atoms with Crippen molar-refractivity contribution in [2.45, 2.75) is 0 Å². The first-order chi connectivity index (χ1) is 14.8. The lowest BCUT2D eigenvalue weighted by molar-refractivity contribution is 0.435. The second-order valence-electron chi connectivity index (χ2n) is 6.59. The molecule has 0 atom stereocenters. The molecule has 0 aliphatic heterocycles. The molecule has 0 aliphatic rings. The van der Waals surface area contributed by atoms with Gasteiger partial charge in [0.15, 0.2) is 11.6 Å². The Kier molecular flexibility index (Phi) is 4.37. The van der Waals surface area contributed by atoms with E-state index in [4.69, 9.17) is 4.52 Å². The lowest BCUT2D eigenvalue weighted by Gasteiger charge is -2.09. The molecule has 0 saturated heterocycles. The number of benzene rings is 2. The van der Waals surface area contributed by atoms with Crippen molar-refractivity contribution in [3.05, 3.63) is 79.2 Å². The van der Waals surface area contributed by atoms with Crippen molar-refractivity contribution in [1.29, 1.82) is 0 Å². The van der Waals surface area contributed by atoms with Crippen LogP contribution in [0.25, 0.3) is 27.9 Å². The third kappa shape index (κ3) is 3.47. The topological polar surface area (TPSA) is 128 Å². The molecule has 0 amide bonds. The minimum absolute atomic E-state index is 0.499. The molecule has 2 aromatic carbocycles. The molecule has 0 radical (unpaired) electrons. The van der Waals surface area contributed by atoms with E-state index in [2.05, 4.69) is 36.0 Å². The highest BCUT2D eigenvalue weighted by Crippen LogP contribution is 2.28. The number of aromatic amines is 2. The predicted octanol–water partition coefficient (Wildman–Crippen LogP) is 4.65. The molecule has 9 heteroatoms. The average Bonchev–Trinajstić information content (AvgIpc) is 3.53. The summed E-state index contributed by atoms with van der Waals surface area (Å²) in [5.74, 6) is 1.21. The summed E-state index contributed by atoms with van der Waals surface area (Å²) in [6, 6.07) is 15.3. The summed E-state index contributed by atoms with van der Waals surface area (Å²) in [7, 11) is 0. The highest BCUT2D eigenvalue weighted by Gasteiger charge is 2.10. The fraction of sp³-hybridized carbons (Fsp3) is 0. The van der Waals surface area contributed by atoms with E-state index >= 15 is 0 Å². The number of nitrogens with zero attached hydrogens (tertiary/aromatic N) is 3. The Balaban J connectivity index is 1.35. The van der Waals surface area contributed by atoms with E-state index in [9.17, 15) is 5.11 Å². The van der Waals surface area contributed by atoms with Gasteiger partial charge in [0.1, 0.15) is 6.26 Å².